The fourth-order valence-electron chi connectivity index (χ4n) is 1.42. The molecule has 0 unspecified atom stereocenters. The minimum atomic E-state index is -0.322. The van der Waals surface area contributed by atoms with Gasteiger partial charge in [-0.05, 0) is 37.3 Å². The summed E-state index contributed by atoms with van der Waals surface area (Å²) in [4.78, 5) is 0. The van der Waals surface area contributed by atoms with Gasteiger partial charge in [-0.15, -0.1) is 0 Å². The maximum atomic E-state index is 12.9. The second-order valence-corrected chi connectivity index (χ2v) is 3.38. The van der Waals surface area contributed by atoms with Crippen LogP contribution >= 0.6 is 0 Å². The topological polar surface area (TPSA) is 20.2 Å². The van der Waals surface area contributed by atoms with Gasteiger partial charge >= 0.3 is 0 Å². The first kappa shape index (κ1) is 7.59. The van der Waals surface area contributed by atoms with Gasteiger partial charge in [0.25, 0.3) is 0 Å². The second kappa shape index (κ2) is 2.47. The summed E-state index contributed by atoms with van der Waals surface area (Å²) in [6.45, 7) is 1.61. The number of hydrogen-bond donors (Lipinski definition) is 1. The summed E-state index contributed by atoms with van der Waals surface area (Å²) in [5.74, 6) is 0.304. The molecule has 0 aliphatic heterocycles. The molecule has 0 heterocycles. The molecule has 0 aromatic heterocycles. The average molecular weight is 166 g/mol. The number of rotatable bonds is 1. The minimum Gasteiger partial charge on any atom is -0.507 e. The molecular weight excluding hydrogens is 155 g/mol. The highest BCUT2D eigenvalue weighted by Crippen LogP contribution is 2.45. The van der Waals surface area contributed by atoms with Crippen LogP contribution in [0.1, 0.15) is 29.9 Å². The molecule has 1 nitrogen and oxygen atoms in total. The number of hydrogen-bond acceptors (Lipinski definition) is 1. The van der Waals surface area contributed by atoms with Gasteiger partial charge in [0.05, 0.1) is 0 Å². The third-order valence-corrected chi connectivity index (χ3v) is 2.41. The van der Waals surface area contributed by atoms with E-state index in [0.717, 1.165) is 18.4 Å². The Morgan fingerprint density at radius 1 is 1.42 bits per heavy atom. The van der Waals surface area contributed by atoms with Crippen LogP contribution < -0.4 is 0 Å². The molecule has 1 aliphatic carbocycles. The van der Waals surface area contributed by atoms with Crippen LogP contribution in [0, 0.1) is 12.7 Å². The molecule has 12 heavy (non-hydrogen) atoms. The standard InChI is InChI=1S/C10H11FO/c1-6-9(11)5-4-8(10(6)12)7-2-3-7/h4-5,7,12H,2-3H2,1H3. The lowest BCUT2D eigenvalue weighted by Crippen LogP contribution is -1.88. The Balaban J connectivity index is 2.49. The zero-order valence-electron chi connectivity index (χ0n) is 6.97. The van der Waals surface area contributed by atoms with Crippen LogP contribution in [0.3, 0.4) is 0 Å². The number of phenols is 1. The maximum absolute atomic E-state index is 12.9. The highest BCUT2D eigenvalue weighted by atomic mass is 19.1. The number of aromatic hydroxyl groups is 1. The van der Waals surface area contributed by atoms with Gasteiger partial charge in [0.15, 0.2) is 0 Å². The first-order chi connectivity index (χ1) is 5.70. The molecule has 0 bridgehead atoms. The minimum absolute atomic E-state index is 0.150. The van der Waals surface area contributed by atoms with Crippen molar-refractivity contribution in [2.45, 2.75) is 25.7 Å². The van der Waals surface area contributed by atoms with Crippen molar-refractivity contribution < 1.29 is 9.50 Å². The van der Waals surface area contributed by atoms with Crippen molar-refractivity contribution in [1.82, 2.24) is 0 Å². The summed E-state index contributed by atoms with van der Waals surface area (Å²) in [6, 6.07) is 3.12. The van der Waals surface area contributed by atoms with E-state index in [0.29, 0.717) is 11.5 Å². The Kier molecular flexibility index (Phi) is 1.56. The van der Waals surface area contributed by atoms with E-state index in [2.05, 4.69) is 0 Å². The first-order valence-electron chi connectivity index (χ1n) is 4.18. The highest BCUT2D eigenvalue weighted by Gasteiger charge is 2.27. The number of phenolic OH excluding ortho intramolecular Hbond substituents is 1. The molecule has 1 aromatic carbocycles. The van der Waals surface area contributed by atoms with Gasteiger partial charge in [0.1, 0.15) is 11.6 Å². The molecule has 0 radical (unpaired) electrons. The fourth-order valence-corrected chi connectivity index (χ4v) is 1.42. The lowest BCUT2D eigenvalue weighted by atomic mass is 10.1. The summed E-state index contributed by atoms with van der Waals surface area (Å²) < 4.78 is 12.9. The number of benzene rings is 1. The van der Waals surface area contributed by atoms with Gasteiger partial charge in [-0.3, -0.25) is 0 Å². The van der Waals surface area contributed by atoms with Crippen molar-refractivity contribution in [3.8, 4) is 5.75 Å². The Morgan fingerprint density at radius 2 is 2.08 bits per heavy atom. The van der Waals surface area contributed by atoms with E-state index in [1.807, 2.05) is 0 Å². The predicted molar refractivity (Wildman–Crippen MR) is 44.8 cm³/mol. The van der Waals surface area contributed by atoms with E-state index in [1.165, 1.54) is 6.07 Å². The molecule has 1 saturated carbocycles. The van der Waals surface area contributed by atoms with Gasteiger partial charge in [-0.1, -0.05) is 6.07 Å². The maximum Gasteiger partial charge on any atom is 0.129 e. The predicted octanol–water partition coefficient (Wildman–Crippen LogP) is 2.72. The van der Waals surface area contributed by atoms with E-state index in [-0.39, 0.29) is 11.6 Å². The third kappa shape index (κ3) is 1.07. The first-order valence-corrected chi connectivity index (χ1v) is 4.18. The van der Waals surface area contributed by atoms with Gasteiger partial charge in [0.2, 0.25) is 0 Å². The molecule has 2 heteroatoms. The van der Waals surface area contributed by atoms with Crippen LogP contribution in [0.25, 0.3) is 0 Å². The SMILES string of the molecule is Cc1c(F)ccc(C2CC2)c1O. The molecule has 1 N–H and O–H groups in total. The second-order valence-electron chi connectivity index (χ2n) is 3.38. The van der Waals surface area contributed by atoms with Gasteiger partial charge in [0, 0.05) is 5.56 Å². The molecule has 0 atom stereocenters. The molecule has 1 fully saturated rings. The zero-order chi connectivity index (χ0) is 8.72. The highest BCUT2D eigenvalue weighted by molar-refractivity contribution is 5.44. The lowest BCUT2D eigenvalue weighted by Gasteiger charge is -2.05. The molecule has 1 aromatic rings. The average Bonchev–Trinajstić information content (AvgIpc) is 2.84. The Labute approximate surface area is 70.8 Å². The van der Waals surface area contributed by atoms with Crippen LogP contribution in [0.2, 0.25) is 0 Å². The van der Waals surface area contributed by atoms with E-state index < -0.39 is 0 Å². The molecular formula is C10H11FO. The summed E-state index contributed by atoms with van der Waals surface area (Å²) >= 11 is 0. The largest absolute Gasteiger partial charge is 0.507 e. The summed E-state index contributed by atoms with van der Waals surface area (Å²) in [5.41, 5.74) is 1.29. The lowest BCUT2D eigenvalue weighted by molar-refractivity contribution is 0.456. The van der Waals surface area contributed by atoms with Gasteiger partial charge in [-0.25, -0.2) is 4.39 Å². The summed E-state index contributed by atoms with van der Waals surface area (Å²) in [7, 11) is 0. The van der Waals surface area contributed by atoms with Crippen LogP contribution in [0.5, 0.6) is 5.75 Å². The van der Waals surface area contributed by atoms with Crippen molar-refractivity contribution in [2.24, 2.45) is 0 Å². The van der Waals surface area contributed by atoms with Crippen molar-refractivity contribution in [2.75, 3.05) is 0 Å². The third-order valence-electron chi connectivity index (χ3n) is 2.41. The molecule has 0 saturated heterocycles. The molecule has 0 spiro atoms. The number of halogens is 1. The van der Waals surface area contributed by atoms with Crippen molar-refractivity contribution in [3.05, 3.63) is 29.1 Å². The van der Waals surface area contributed by atoms with Crippen molar-refractivity contribution >= 4 is 0 Å². The van der Waals surface area contributed by atoms with Crippen LogP contribution in [0.4, 0.5) is 4.39 Å². The van der Waals surface area contributed by atoms with Crippen LogP contribution in [-0.4, -0.2) is 5.11 Å². The fraction of sp³-hybridized carbons (Fsp3) is 0.400. The Morgan fingerprint density at radius 3 is 2.67 bits per heavy atom. The van der Waals surface area contributed by atoms with Gasteiger partial charge < -0.3 is 5.11 Å². The van der Waals surface area contributed by atoms with Crippen LogP contribution in [-0.2, 0) is 0 Å². The van der Waals surface area contributed by atoms with Crippen LogP contribution in [0.15, 0.2) is 12.1 Å². The smallest absolute Gasteiger partial charge is 0.129 e. The van der Waals surface area contributed by atoms with E-state index in [1.54, 1.807) is 13.0 Å². The van der Waals surface area contributed by atoms with E-state index in [9.17, 15) is 9.50 Å². The molecule has 1 aliphatic rings. The normalized spacial score (nSPS) is 16.5. The van der Waals surface area contributed by atoms with Crippen molar-refractivity contribution in [1.29, 1.82) is 0 Å². The Hall–Kier alpha value is -1.05. The zero-order valence-corrected chi connectivity index (χ0v) is 6.97. The monoisotopic (exact) mass is 166 g/mol. The quantitative estimate of drug-likeness (QED) is 0.680. The van der Waals surface area contributed by atoms with Crippen molar-refractivity contribution in [3.63, 3.8) is 0 Å². The summed E-state index contributed by atoms with van der Waals surface area (Å²) in [5, 5.41) is 9.55. The molecule has 2 rings (SSSR count). The van der Waals surface area contributed by atoms with Gasteiger partial charge in [-0.2, -0.15) is 0 Å². The van der Waals surface area contributed by atoms with E-state index >= 15 is 0 Å². The Bertz CT molecular complexity index is 316. The van der Waals surface area contributed by atoms with E-state index in [4.69, 9.17) is 0 Å². The molecule has 0 amide bonds. The summed E-state index contributed by atoms with van der Waals surface area (Å²) in [6.07, 6.45) is 2.25. The molecule has 64 valence electrons.